The minimum absolute atomic E-state index is 0.144. The Bertz CT molecular complexity index is 2270. The first-order valence-corrected chi connectivity index (χ1v) is 14.1. The first kappa shape index (κ1) is 24.5. The zero-order chi connectivity index (χ0) is 28.0. The van der Waals surface area contributed by atoms with Crippen molar-refractivity contribution in [1.29, 1.82) is 0 Å². The van der Waals surface area contributed by atoms with Crippen LogP contribution in [0.2, 0.25) is 5.28 Å². The van der Waals surface area contributed by atoms with Crippen LogP contribution in [0.15, 0.2) is 138 Å². The van der Waals surface area contributed by atoms with E-state index in [-0.39, 0.29) is 5.28 Å². The van der Waals surface area contributed by atoms with Gasteiger partial charge in [0, 0.05) is 21.9 Å². The van der Waals surface area contributed by atoms with Crippen molar-refractivity contribution in [2.75, 3.05) is 0 Å². The Kier molecular flexibility index (Phi) is 5.80. The van der Waals surface area contributed by atoms with Crippen LogP contribution in [0.1, 0.15) is 0 Å². The largest absolute Gasteiger partial charge is 0.456 e. The number of nitrogens with zero attached hydrogens (tertiary/aromatic N) is 3. The Balaban J connectivity index is 1.15. The summed E-state index contributed by atoms with van der Waals surface area (Å²) in [6, 6.07) is 45.8. The summed E-state index contributed by atoms with van der Waals surface area (Å²) in [5.41, 5.74) is 7.91. The van der Waals surface area contributed by atoms with Crippen molar-refractivity contribution in [2.24, 2.45) is 0 Å². The van der Waals surface area contributed by atoms with E-state index >= 15 is 0 Å². The summed E-state index contributed by atoms with van der Waals surface area (Å²) in [6.07, 6.45) is 0. The van der Waals surface area contributed by atoms with Crippen molar-refractivity contribution >= 4 is 44.3 Å². The summed E-state index contributed by atoms with van der Waals surface area (Å²) in [5, 5.41) is 4.66. The Morgan fingerprint density at radius 2 is 0.976 bits per heavy atom. The third-order valence-electron chi connectivity index (χ3n) is 7.65. The van der Waals surface area contributed by atoms with Crippen LogP contribution in [0, 0.1) is 0 Å². The molecule has 0 radical (unpaired) electrons. The van der Waals surface area contributed by atoms with Crippen LogP contribution < -0.4 is 0 Å². The lowest BCUT2D eigenvalue weighted by Crippen LogP contribution is -1.97. The number of benzene rings is 6. The second kappa shape index (κ2) is 9.95. The van der Waals surface area contributed by atoms with Gasteiger partial charge in [0.25, 0.3) is 0 Å². The van der Waals surface area contributed by atoms with Gasteiger partial charge >= 0.3 is 0 Å². The third-order valence-corrected chi connectivity index (χ3v) is 7.82. The minimum atomic E-state index is 0.144. The predicted molar refractivity (Wildman–Crippen MR) is 171 cm³/mol. The van der Waals surface area contributed by atoms with Crippen molar-refractivity contribution in [3.05, 3.63) is 139 Å². The molecule has 5 heteroatoms. The van der Waals surface area contributed by atoms with Gasteiger partial charge in [0.15, 0.2) is 11.6 Å². The smallest absolute Gasteiger partial charge is 0.226 e. The molecule has 8 aromatic rings. The summed E-state index contributed by atoms with van der Waals surface area (Å²) < 4.78 is 6.08. The number of para-hydroxylation sites is 1. The molecule has 0 aliphatic rings. The fraction of sp³-hybridized carbons (Fsp3) is 0. The standard InChI is InChI=1S/C37H22ClN3O/c38-37-40-35(39-36(41-37)30-17-18-32-31-11-4-5-12-33(31)42-34(32)22-30)29-10-6-9-24(21-29)26-15-16-27-19-25(13-14-28(27)20-26)23-7-2-1-3-8-23/h1-22H. The second-order valence-corrected chi connectivity index (χ2v) is 10.6. The van der Waals surface area contributed by atoms with E-state index in [0.29, 0.717) is 11.6 Å². The highest BCUT2D eigenvalue weighted by Crippen LogP contribution is 2.33. The van der Waals surface area contributed by atoms with Gasteiger partial charge in [-0.1, -0.05) is 97.1 Å². The molecule has 0 bridgehead atoms. The van der Waals surface area contributed by atoms with E-state index in [4.69, 9.17) is 21.0 Å². The van der Waals surface area contributed by atoms with Gasteiger partial charge in [-0.05, 0) is 81.0 Å². The Hall–Kier alpha value is -5.32. The SMILES string of the molecule is Clc1nc(-c2cccc(-c3ccc4cc(-c5ccccc5)ccc4c3)c2)nc(-c2ccc3c(c2)oc2ccccc23)n1. The molecular formula is C37H22ClN3O. The maximum atomic E-state index is 6.43. The molecule has 2 aromatic heterocycles. The normalized spacial score (nSPS) is 11.5. The average molecular weight is 560 g/mol. The fourth-order valence-corrected chi connectivity index (χ4v) is 5.71. The van der Waals surface area contributed by atoms with E-state index < -0.39 is 0 Å². The van der Waals surface area contributed by atoms with E-state index in [1.165, 1.54) is 21.9 Å². The number of rotatable bonds is 4. The molecule has 0 aliphatic heterocycles. The molecular weight excluding hydrogens is 538 g/mol. The number of furan rings is 1. The summed E-state index contributed by atoms with van der Waals surface area (Å²) in [7, 11) is 0. The summed E-state index contributed by atoms with van der Waals surface area (Å²) in [4.78, 5) is 13.7. The monoisotopic (exact) mass is 559 g/mol. The molecule has 8 rings (SSSR count). The fourth-order valence-electron chi connectivity index (χ4n) is 5.55. The average Bonchev–Trinajstić information content (AvgIpc) is 3.42. The van der Waals surface area contributed by atoms with E-state index in [1.54, 1.807) is 0 Å². The van der Waals surface area contributed by atoms with Gasteiger partial charge in [0.1, 0.15) is 11.2 Å². The van der Waals surface area contributed by atoms with E-state index in [2.05, 4.69) is 88.8 Å². The number of halogens is 1. The zero-order valence-electron chi connectivity index (χ0n) is 22.3. The molecule has 6 aromatic carbocycles. The van der Waals surface area contributed by atoms with Gasteiger partial charge in [-0.2, -0.15) is 9.97 Å². The molecule has 0 saturated carbocycles. The van der Waals surface area contributed by atoms with Crippen LogP contribution in [-0.4, -0.2) is 15.0 Å². The van der Waals surface area contributed by atoms with Crippen molar-refractivity contribution in [1.82, 2.24) is 15.0 Å². The quantitative estimate of drug-likeness (QED) is 0.215. The van der Waals surface area contributed by atoms with Crippen LogP contribution in [0.4, 0.5) is 0 Å². The maximum Gasteiger partial charge on any atom is 0.226 e. The molecule has 198 valence electrons. The highest BCUT2D eigenvalue weighted by atomic mass is 35.5. The number of hydrogen-bond donors (Lipinski definition) is 0. The molecule has 4 nitrogen and oxygen atoms in total. The van der Waals surface area contributed by atoms with Crippen LogP contribution >= 0.6 is 11.6 Å². The molecule has 0 aliphatic carbocycles. The maximum absolute atomic E-state index is 6.43. The van der Waals surface area contributed by atoms with Gasteiger partial charge < -0.3 is 4.42 Å². The summed E-state index contributed by atoms with van der Waals surface area (Å²) in [6.45, 7) is 0. The molecule has 0 saturated heterocycles. The molecule has 2 heterocycles. The first-order chi connectivity index (χ1) is 20.7. The number of hydrogen-bond acceptors (Lipinski definition) is 4. The minimum Gasteiger partial charge on any atom is -0.456 e. The van der Waals surface area contributed by atoms with Crippen LogP contribution in [0.25, 0.3) is 77.7 Å². The lowest BCUT2D eigenvalue weighted by molar-refractivity contribution is 0.669. The Morgan fingerprint density at radius 3 is 1.76 bits per heavy atom. The second-order valence-electron chi connectivity index (χ2n) is 10.3. The molecule has 0 amide bonds. The number of fused-ring (bicyclic) bond motifs is 4. The van der Waals surface area contributed by atoms with E-state index in [0.717, 1.165) is 44.2 Å². The van der Waals surface area contributed by atoms with Gasteiger partial charge in [0.05, 0.1) is 0 Å². The van der Waals surface area contributed by atoms with E-state index in [1.807, 2.05) is 54.6 Å². The first-order valence-electron chi connectivity index (χ1n) is 13.7. The molecule has 0 unspecified atom stereocenters. The highest BCUT2D eigenvalue weighted by molar-refractivity contribution is 6.28. The molecule has 0 spiro atoms. The van der Waals surface area contributed by atoms with Crippen molar-refractivity contribution < 1.29 is 4.42 Å². The Labute approximate surface area is 246 Å². The summed E-state index contributed by atoms with van der Waals surface area (Å²) >= 11 is 6.43. The van der Waals surface area contributed by atoms with Gasteiger partial charge in [0.2, 0.25) is 5.28 Å². The van der Waals surface area contributed by atoms with Crippen LogP contribution in [0.3, 0.4) is 0 Å². The molecule has 0 atom stereocenters. The lowest BCUT2D eigenvalue weighted by atomic mass is 9.97. The predicted octanol–water partition coefficient (Wildman–Crippen LogP) is 10.2. The molecule has 0 fully saturated rings. The van der Waals surface area contributed by atoms with Crippen LogP contribution in [-0.2, 0) is 0 Å². The molecule has 42 heavy (non-hydrogen) atoms. The zero-order valence-corrected chi connectivity index (χ0v) is 23.1. The Morgan fingerprint density at radius 1 is 0.405 bits per heavy atom. The van der Waals surface area contributed by atoms with Crippen molar-refractivity contribution in [3.8, 4) is 45.0 Å². The highest BCUT2D eigenvalue weighted by Gasteiger charge is 2.13. The van der Waals surface area contributed by atoms with Crippen LogP contribution in [0.5, 0.6) is 0 Å². The van der Waals surface area contributed by atoms with Gasteiger partial charge in [-0.3, -0.25) is 0 Å². The lowest BCUT2D eigenvalue weighted by Gasteiger charge is -2.09. The topological polar surface area (TPSA) is 51.8 Å². The van der Waals surface area contributed by atoms with Gasteiger partial charge in [-0.25, -0.2) is 4.98 Å². The summed E-state index contributed by atoms with van der Waals surface area (Å²) in [5.74, 6) is 1.02. The van der Waals surface area contributed by atoms with Crippen molar-refractivity contribution in [3.63, 3.8) is 0 Å². The molecule has 0 N–H and O–H groups in total. The number of aromatic nitrogens is 3. The van der Waals surface area contributed by atoms with Gasteiger partial charge in [-0.15, -0.1) is 0 Å². The third kappa shape index (κ3) is 4.39. The van der Waals surface area contributed by atoms with Crippen molar-refractivity contribution in [2.45, 2.75) is 0 Å². The van der Waals surface area contributed by atoms with E-state index in [9.17, 15) is 0 Å².